The number of rotatable bonds is 3. The molecule has 0 bridgehead atoms. The summed E-state index contributed by atoms with van der Waals surface area (Å²) in [6.45, 7) is 1.65. The Bertz CT molecular complexity index is 283. The molecule has 0 spiro atoms. The van der Waals surface area contributed by atoms with E-state index in [1.165, 1.54) is 12.8 Å². The number of hydrogen-bond donors (Lipinski definition) is 0. The molecule has 0 radical (unpaired) electrons. The summed E-state index contributed by atoms with van der Waals surface area (Å²) in [4.78, 5) is 0. The van der Waals surface area contributed by atoms with Gasteiger partial charge in [-0.2, -0.15) is 0 Å². The molecule has 1 aliphatic heterocycles. The van der Waals surface area contributed by atoms with Crippen LogP contribution in [0.1, 0.15) is 25.0 Å². The third kappa shape index (κ3) is 2.25. The molecule has 0 aliphatic carbocycles. The molecule has 0 saturated carbocycles. The molecular formula is C9H14ClN3O. The highest BCUT2D eigenvalue weighted by Gasteiger charge is 2.16. The first-order valence-electron chi connectivity index (χ1n) is 4.95. The lowest BCUT2D eigenvalue weighted by Crippen LogP contribution is -2.25. The zero-order chi connectivity index (χ0) is 9.80. The first kappa shape index (κ1) is 9.93. The van der Waals surface area contributed by atoms with Gasteiger partial charge in [0, 0.05) is 6.61 Å². The van der Waals surface area contributed by atoms with Crippen LogP contribution in [-0.4, -0.2) is 27.7 Å². The van der Waals surface area contributed by atoms with Gasteiger partial charge in [-0.1, -0.05) is 5.21 Å². The molecule has 4 nitrogen and oxygen atoms in total. The minimum atomic E-state index is 0.285. The van der Waals surface area contributed by atoms with Gasteiger partial charge in [0.1, 0.15) is 0 Å². The summed E-state index contributed by atoms with van der Waals surface area (Å²) in [5.41, 5.74) is 0.959. The zero-order valence-electron chi connectivity index (χ0n) is 8.03. The molecule has 0 aromatic carbocycles. The number of nitrogens with zero attached hydrogens (tertiary/aromatic N) is 3. The lowest BCUT2D eigenvalue weighted by Gasteiger charge is -2.22. The highest BCUT2D eigenvalue weighted by atomic mass is 35.5. The van der Waals surface area contributed by atoms with Gasteiger partial charge in [-0.25, -0.2) is 4.68 Å². The first-order valence-corrected chi connectivity index (χ1v) is 5.48. The van der Waals surface area contributed by atoms with Gasteiger partial charge in [0.05, 0.1) is 30.4 Å². The predicted octanol–water partition coefficient (Wildman–Crippen LogP) is 1.59. The highest BCUT2D eigenvalue weighted by molar-refractivity contribution is 6.16. The Morgan fingerprint density at radius 1 is 1.57 bits per heavy atom. The van der Waals surface area contributed by atoms with E-state index in [9.17, 15) is 0 Å². The van der Waals surface area contributed by atoms with E-state index in [1.54, 1.807) is 6.20 Å². The SMILES string of the molecule is ClCc1cnnn1CC1CCCCO1. The Kier molecular flexibility index (Phi) is 3.37. The predicted molar refractivity (Wildman–Crippen MR) is 53.2 cm³/mol. The van der Waals surface area contributed by atoms with Gasteiger partial charge in [-0.15, -0.1) is 16.7 Å². The van der Waals surface area contributed by atoms with Crippen molar-refractivity contribution in [2.75, 3.05) is 6.61 Å². The third-order valence-corrected chi connectivity index (χ3v) is 2.76. The van der Waals surface area contributed by atoms with Gasteiger partial charge in [0.25, 0.3) is 0 Å². The van der Waals surface area contributed by atoms with Crippen LogP contribution in [0.5, 0.6) is 0 Å². The summed E-state index contributed by atoms with van der Waals surface area (Å²) in [6.07, 6.45) is 5.52. The van der Waals surface area contributed by atoms with E-state index in [4.69, 9.17) is 16.3 Å². The normalized spacial score (nSPS) is 22.5. The van der Waals surface area contributed by atoms with Crippen molar-refractivity contribution in [3.05, 3.63) is 11.9 Å². The lowest BCUT2D eigenvalue weighted by molar-refractivity contribution is 0.00332. The van der Waals surface area contributed by atoms with Gasteiger partial charge in [0.15, 0.2) is 0 Å². The maximum Gasteiger partial charge on any atom is 0.0771 e. The molecule has 1 saturated heterocycles. The largest absolute Gasteiger partial charge is 0.376 e. The Morgan fingerprint density at radius 2 is 2.50 bits per heavy atom. The smallest absolute Gasteiger partial charge is 0.0771 e. The maximum absolute atomic E-state index is 5.75. The van der Waals surface area contributed by atoms with Gasteiger partial charge in [0.2, 0.25) is 0 Å². The number of aromatic nitrogens is 3. The molecule has 1 aliphatic rings. The molecule has 14 heavy (non-hydrogen) atoms. The average Bonchev–Trinajstić information content (AvgIpc) is 2.67. The molecule has 1 atom stereocenters. The minimum Gasteiger partial charge on any atom is -0.376 e. The summed E-state index contributed by atoms with van der Waals surface area (Å²) in [5, 5.41) is 7.81. The molecule has 0 amide bonds. The van der Waals surface area contributed by atoms with Crippen molar-refractivity contribution in [2.45, 2.75) is 37.8 Å². The van der Waals surface area contributed by atoms with Crippen LogP contribution in [0.4, 0.5) is 0 Å². The van der Waals surface area contributed by atoms with E-state index in [0.29, 0.717) is 5.88 Å². The van der Waals surface area contributed by atoms with E-state index in [-0.39, 0.29) is 6.10 Å². The van der Waals surface area contributed by atoms with Crippen molar-refractivity contribution < 1.29 is 4.74 Å². The quantitative estimate of drug-likeness (QED) is 0.719. The Hall–Kier alpha value is -0.610. The van der Waals surface area contributed by atoms with Crippen molar-refractivity contribution in [3.63, 3.8) is 0 Å². The standard InChI is InChI=1S/C9H14ClN3O/c10-5-8-6-11-12-13(8)7-9-3-1-2-4-14-9/h6,9H,1-5,7H2. The molecule has 2 heterocycles. The number of alkyl halides is 1. The van der Waals surface area contributed by atoms with Crippen LogP contribution in [0.3, 0.4) is 0 Å². The Labute approximate surface area is 88.2 Å². The average molecular weight is 216 g/mol. The lowest BCUT2D eigenvalue weighted by atomic mass is 10.1. The molecule has 78 valence electrons. The Balaban J connectivity index is 1.95. The second kappa shape index (κ2) is 4.75. The van der Waals surface area contributed by atoms with Crippen LogP contribution in [0.15, 0.2) is 6.20 Å². The van der Waals surface area contributed by atoms with Gasteiger partial charge in [-0.3, -0.25) is 0 Å². The molecule has 5 heteroatoms. The molecule has 1 unspecified atom stereocenters. The fourth-order valence-corrected chi connectivity index (χ4v) is 1.89. The minimum absolute atomic E-state index is 0.285. The van der Waals surface area contributed by atoms with E-state index < -0.39 is 0 Å². The molecule has 2 rings (SSSR count). The van der Waals surface area contributed by atoms with Crippen LogP contribution >= 0.6 is 11.6 Å². The molecule has 1 fully saturated rings. The summed E-state index contributed by atoms with van der Waals surface area (Å²) in [7, 11) is 0. The van der Waals surface area contributed by atoms with Crippen LogP contribution in [0.2, 0.25) is 0 Å². The van der Waals surface area contributed by atoms with Crippen molar-refractivity contribution in [1.82, 2.24) is 15.0 Å². The maximum atomic E-state index is 5.75. The topological polar surface area (TPSA) is 39.9 Å². The molecule has 1 aromatic heterocycles. The van der Waals surface area contributed by atoms with E-state index in [1.807, 2.05) is 4.68 Å². The second-order valence-corrected chi connectivity index (χ2v) is 3.80. The summed E-state index contributed by atoms with van der Waals surface area (Å²) >= 11 is 5.75. The number of halogens is 1. The van der Waals surface area contributed by atoms with Gasteiger partial charge >= 0.3 is 0 Å². The number of hydrogen-bond acceptors (Lipinski definition) is 3. The summed E-state index contributed by atoms with van der Waals surface area (Å²) in [5.74, 6) is 0.458. The van der Waals surface area contributed by atoms with E-state index >= 15 is 0 Å². The van der Waals surface area contributed by atoms with Crippen LogP contribution in [-0.2, 0) is 17.2 Å². The van der Waals surface area contributed by atoms with E-state index in [0.717, 1.165) is 25.3 Å². The monoisotopic (exact) mass is 215 g/mol. The zero-order valence-corrected chi connectivity index (χ0v) is 8.78. The molecule has 1 aromatic rings. The second-order valence-electron chi connectivity index (χ2n) is 3.53. The Morgan fingerprint density at radius 3 is 3.21 bits per heavy atom. The van der Waals surface area contributed by atoms with Crippen molar-refractivity contribution in [1.29, 1.82) is 0 Å². The van der Waals surface area contributed by atoms with Gasteiger partial charge in [-0.05, 0) is 19.3 Å². The third-order valence-electron chi connectivity index (χ3n) is 2.49. The molecular weight excluding hydrogens is 202 g/mol. The summed E-state index contributed by atoms with van der Waals surface area (Å²) < 4.78 is 7.46. The number of ether oxygens (including phenoxy) is 1. The van der Waals surface area contributed by atoms with Gasteiger partial charge < -0.3 is 4.74 Å². The van der Waals surface area contributed by atoms with E-state index in [2.05, 4.69) is 10.3 Å². The van der Waals surface area contributed by atoms with Crippen molar-refractivity contribution >= 4 is 11.6 Å². The fraction of sp³-hybridized carbons (Fsp3) is 0.778. The summed E-state index contributed by atoms with van der Waals surface area (Å²) in [6, 6.07) is 0. The molecule has 0 N–H and O–H groups in total. The van der Waals surface area contributed by atoms with Crippen LogP contribution in [0.25, 0.3) is 0 Å². The van der Waals surface area contributed by atoms with Crippen molar-refractivity contribution in [2.24, 2.45) is 0 Å². The highest BCUT2D eigenvalue weighted by Crippen LogP contribution is 2.15. The fourth-order valence-electron chi connectivity index (χ4n) is 1.68. The van der Waals surface area contributed by atoms with Crippen LogP contribution in [0, 0.1) is 0 Å². The van der Waals surface area contributed by atoms with Crippen LogP contribution < -0.4 is 0 Å². The van der Waals surface area contributed by atoms with Crippen molar-refractivity contribution in [3.8, 4) is 0 Å². The first-order chi connectivity index (χ1) is 6.90.